The van der Waals surface area contributed by atoms with Gasteiger partial charge in [0.15, 0.2) is 11.4 Å². The van der Waals surface area contributed by atoms with Crippen LogP contribution < -0.4 is 10.1 Å². The highest BCUT2D eigenvalue weighted by Crippen LogP contribution is 2.21. The summed E-state index contributed by atoms with van der Waals surface area (Å²) in [7, 11) is 0. The summed E-state index contributed by atoms with van der Waals surface area (Å²) in [4.78, 5) is 12.5. The summed E-state index contributed by atoms with van der Waals surface area (Å²) in [6.07, 6.45) is 4.49. The highest BCUT2D eigenvalue weighted by atomic mass is 19.1. The molecule has 0 bridgehead atoms. The molecule has 1 aliphatic heterocycles. The van der Waals surface area contributed by atoms with Gasteiger partial charge in [-0.25, -0.2) is 9.07 Å². The van der Waals surface area contributed by atoms with Crippen LogP contribution in [0.5, 0.6) is 5.75 Å². The van der Waals surface area contributed by atoms with Crippen molar-refractivity contribution < 1.29 is 18.7 Å². The van der Waals surface area contributed by atoms with Gasteiger partial charge >= 0.3 is 0 Å². The van der Waals surface area contributed by atoms with Crippen molar-refractivity contribution in [2.75, 3.05) is 19.8 Å². The van der Waals surface area contributed by atoms with Crippen molar-refractivity contribution in [3.63, 3.8) is 0 Å². The van der Waals surface area contributed by atoms with Crippen LogP contribution in [0, 0.1) is 5.82 Å². The predicted octanol–water partition coefficient (Wildman–Crippen LogP) is 2.71. The molecule has 0 aliphatic carbocycles. The largest absolute Gasteiger partial charge is 0.489 e. The van der Waals surface area contributed by atoms with E-state index in [0.717, 1.165) is 25.9 Å². The third kappa shape index (κ3) is 4.36. The maximum Gasteiger partial charge on any atom is 0.275 e. The Morgan fingerprint density at radius 1 is 1.44 bits per heavy atom. The van der Waals surface area contributed by atoms with Crippen molar-refractivity contribution >= 4 is 5.91 Å². The second-order valence-electron chi connectivity index (χ2n) is 5.96. The Morgan fingerprint density at radius 2 is 2.24 bits per heavy atom. The summed E-state index contributed by atoms with van der Waals surface area (Å²) in [5.74, 6) is -0.216. The molecule has 2 aromatic rings. The molecule has 2 heterocycles. The summed E-state index contributed by atoms with van der Waals surface area (Å²) in [5, 5.41) is 7.18. The molecular weight excluding hydrogens is 325 g/mol. The number of aromatic nitrogens is 2. The van der Waals surface area contributed by atoms with Crippen molar-refractivity contribution in [1.82, 2.24) is 15.1 Å². The molecule has 1 saturated heterocycles. The molecule has 1 aliphatic rings. The molecule has 3 rings (SSSR count). The average molecular weight is 347 g/mol. The predicted molar refractivity (Wildman–Crippen MR) is 90.6 cm³/mol. The van der Waals surface area contributed by atoms with Crippen molar-refractivity contribution in [3.05, 3.63) is 42.0 Å². The molecular formula is C18H22FN3O3. The molecule has 0 spiro atoms. The first-order valence-corrected chi connectivity index (χ1v) is 8.55. The maximum atomic E-state index is 13.1. The topological polar surface area (TPSA) is 65.4 Å². The Labute approximate surface area is 145 Å². The van der Waals surface area contributed by atoms with E-state index in [1.54, 1.807) is 18.3 Å². The van der Waals surface area contributed by atoms with E-state index in [9.17, 15) is 9.18 Å². The van der Waals surface area contributed by atoms with Crippen molar-refractivity contribution in [2.24, 2.45) is 0 Å². The number of nitrogens with one attached hydrogen (secondary N) is 1. The molecule has 0 saturated carbocycles. The molecule has 1 atom stereocenters. The fourth-order valence-corrected chi connectivity index (χ4v) is 2.65. The van der Waals surface area contributed by atoms with Gasteiger partial charge < -0.3 is 14.8 Å². The van der Waals surface area contributed by atoms with E-state index in [4.69, 9.17) is 9.47 Å². The Bertz CT molecular complexity index is 709. The zero-order valence-electron chi connectivity index (χ0n) is 14.2. The lowest BCUT2D eigenvalue weighted by molar-refractivity contribution is 0.0850. The molecule has 1 unspecified atom stereocenters. The van der Waals surface area contributed by atoms with Crippen LogP contribution in [0.2, 0.25) is 0 Å². The van der Waals surface area contributed by atoms with E-state index in [1.165, 1.54) is 16.8 Å². The van der Waals surface area contributed by atoms with E-state index < -0.39 is 0 Å². The summed E-state index contributed by atoms with van der Waals surface area (Å²) in [6.45, 7) is 3.67. The SMILES string of the molecule is CCCOc1cn(-c2ccc(F)cc2)nc1C(=O)NCC1CCCO1. The van der Waals surface area contributed by atoms with Crippen LogP contribution in [-0.2, 0) is 4.74 Å². The monoisotopic (exact) mass is 347 g/mol. The summed E-state index contributed by atoms with van der Waals surface area (Å²) < 4.78 is 25.8. The van der Waals surface area contributed by atoms with E-state index >= 15 is 0 Å². The van der Waals surface area contributed by atoms with Crippen molar-refractivity contribution in [3.8, 4) is 11.4 Å². The van der Waals surface area contributed by atoms with Gasteiger partial charge in [-0.05, 0) is 43.5 Å². The molecule has 25 heavy (non-hydrogen) atoms. The number of carbonyl (C=O) groups is 1. The average Bonchev–Trinajstić information content (AvgIpc) is 3.28. The molecule has 1 fully saturated rings. The van der Waals surface area contributed by atoms with Crippen molar-refractivity contribution in [2.45, 2.75) is 32.3 Å². The van der Waals surface area contributed by atoms with Gasteiger partial charge in [0, 0.05) is 13.2 Å². The number of amides is 1. The lowest BCUT2D eigenvalue weighted by Crippen LogP contribution is -2.32. The lowest BCUT2D eigenvalue weighted by atomic mass is 10.2. The highest BCUT2D eigenvalue weighted by Gasteiger charge is 2.21. The Balaban J connectivity index is 1.77. The fourth-order valence-electron chi connectivity index (χ4n) is 2.65. The van der Waals surface area contributed by atoms with Crippen LogP contribution in [0.3, 0.4) is 0 Å². The number of carbonyl (C=O) groups excluding carboxylic acids is 1. The third-order valence-electron chi connectivity index (χ3n) is 3.96. The molecule has 1 N–H and O–H groups in total. The molecule has 1 aromatic heterocycles. The van der Waals surface area contributed by atoms with Gasteiger partial charge in [0.2, 0.25) is 0 Å². The van der Waals surface area contributed by atoms with Crippen LogP contribution in [-0.4, -0.2) is 41.6 Å². The highest BCUT2D eigenvalue weighted by molar-refractivity contribution is 5.95. The normalized spacial score (nSPS) is 16.8. The first kappa shape index (κ1) is 17.4. The fraction of sp³-hybridized carbons (Fsp3) is 0.444. The van der Waals surface area contributed by atoms with Gasteiger partial charge in [-0.1, -0.05) is 6.92 Å². The number of hydrogen-bond acceptors (Lipinski definition) is 4. The molecule has 1 aromatic carbocycles. The number of rotatable bonds is 7. The number of benzene rings is 1. The van der Waals surface area contributed by atoms with Gasteiger partial charge in [-0.15, -0.1) is 0 Å². The molecule has 7 heteroatoms. The minimum Gasteiger partial charge on any atom is -0.489 e. The lowest BCUT2D eigenvalue weighted by Gasteiger charge is -2.10. The zero-order valence-corrected chi connectivity index (χ0v) is 14.2. The van der Waals surface area contributed by atoms with Gasteiger partial charge in [0.1, 0.15) is 5.82 Å². The molecule has 134 valence electrons. The summed E-state index contributed by atoms with van der Waals surface area (Å²) in [6, 6.07) is 5.89. The second kappa shape index (κ2) is 8.11. The van der Waals surface area contributed by atoms with Gasteiger partial charge in [-0.2, -0.15) is 5.10 Å². The van der Waals surface area contributed by atoms with E-state index in [1.807, 2.05) is 6.92 Å². The number of halogens is 1. The smallest absolute Gasteiger partial charge is 0.275 e. The quantitative estimate of drug-likeness (QED) is 0.836. The zero-order chi connectivity index (χ0) is 17.6. The minimum atomic E-state index is -0.326. The summed E-state index contributed by atoms with van der Waals surface area (Å²) in [5.41, 5.74) is 0.872. The van der Waals surface area contributed by atoms with Gasteiger partial charge in [0.25, 0.3) is 5.91 Å². The molecule has 1 amide bonds. The van der Waals surface area contributed by atoms with E-state index in [0.29, 0.717) is 24.6 Å². The molecule has 6 nitrogen and oxygen atoms in total. The van der Waals surface area contributed by atoms with E-state index in [-0.39, 0.29) is 23.5 Å². The van der Waals surface area contributed by atoms with Crippen LogP contribution in [0.4, 0.5) is 4.39 Å². The first-order valence-electron chi connectivity index (χ1n) is 8.55. The van der Waals surface area contributed by atoms with Crippen LogP contribution >= 0.6 is 0 Å². The van der Waals surface area contributed by atoms with Crippen molar-refractivity contribution in [1.29, 1.82) is 0 Å². The van der Waals surface area contributed by atoms with Crippen LogP contribution in [0.1, 0.15) is 36.7 Å². The number of nitrogens with zero attached hydrogens (tertiary/aromatic N) is 2. The second-order valence-corrected chi connectivity index (χ2v) is 5.96. The molecule has 0 radical (unpaired) electrons. The Kier molecular flexibility index (Phi) is 5.65. The van der Waals surface area contributed by atoms with Gasteiger partial charge in [-0.3, -0.25) is 4.79 Å². The minimum absolute atomic E-state index is 0.0585. The maximum absolute atomic E-state index is 13.1. The Morgan fingerprint density at radius 3 is 2.92 bits per heavy atom. The van der Waals surface area contributed by atoms with Crippen LogP contribution in [0.25, 0.3) is 5.69 Å². The number of ether oxygens (including phenoxy) is 2. The van der Waals surface area contributed by atoms with Gasteiger partial charge in [0.05, 0.1) is 24.6 Å². The standard InChI is InChI=1S/C18H22FN3O3/c1-2-9-25-16-12-22(14-7-5-13(19)6-8-14)21-17(16)18(23)20-11-15-4-3-10-24-15/h5-8,12,15H,2-4,9-11H2,1H3,(H,20,23). The van der Waals surface area contributed by atoms with E-state index in [2.05, 4.69) is 10.4 Å². The number of hydrogen-bond donors (Lipinski definition) is 1. The Hall–Kier alpha value is -2.41. The van der Waals surface area contributed by atoms with Crippen LogP contribution in [0.15, 0.2) is 30.5 Å². The third-order valence-corrected chi connectivity index (χ3v) is 3.96. The summed E-state index contributed by atoms with van der Waals surface area (Å²) >= 11 is 0. The first-order chi connectivity index (χ1) is 12.2.